The number of carbonyl (C=O) groups excluding carboxylic acids is 1. The molecule has 1 amide bonds. The molecule has 122 valence electrons. The number of anilines is 1. The highest BCUT2D eigenvalue weighted by Crippen LogP contribution is 2.20. The summed E-state index contributed by atoms with van der Waals surface area (Å²) < 4.78 is 18.5. The molecule has 0 aliphatic rings. The van der Waals surface area contributed by atoms with Crippen molar-refractivity contribution in [3.63, 3.8) is 0 Å². The Morgan fingerprint density at radius 1 is 1.25 bits per heavy atom. The first kappa shape index (κ1) is 16.1. The Morgan fingerprint density at radius 2 is 2.12 bits per heavy atom. The molecular weight excluding hydrogens is 335 g/mol. The minimum atomic E-state index is -0.539. The highest BCUT2D eigenvalue weighted by molar-refractivity contribution is 6.31. The molecule has 0 spiro atoms. The van der Waals surface area contributed by atoms with Gasteiger partial charge in [0.15, 0.2) is 0 Å². The summed E-state index contributed by atoms with van der Waals surface area (Å²) in [7, 11) is 0. The summed E-state index contributed by atoms with van der Waals surface area (Å²) >= 11 is 5.67. The second kappa shape index (κ2) is 7.18. The number of pyridine rings is 1. The third-order valence-electron chi connectivity index (χ3n) is 3.12. The lowest BCUT2D eigenvalue weighted by molar-refractivity contribution is -0.116. The number of rotatable bonds is 5. The Balaban J connectivity index is 1.56. The molecule has 0 radical (unpaired) electrons. The van der Waals surface area contributed by atoms with Gasteiger partial charge in [-0.1, -0.05) is 17.7 Å². The van der Waals surface area contributed by atoms with Crippen molar-refractivity contribution < 1.29 is 13.6 Å². The zero-order valence-corrected chi connectivity index (χ0v) is 13.1. The molecule has 3 rings (SSSR count). The molecule has 0 aliphatic carbocycles. The van der Waals surface area contributed by atoms with Gasteiger partial charge in [0.25, 0.3) is 5.89 Å². The van der Waals surface area contributed by atoms with Crippen molar-refractivity contribution >= 4 is 23.2 Å². The normalized spacial score (nSPS) is 10.6. The third kappa shape index (κ3) is 3.94. The Hall–Kier alpha value is -2.80. The van der Waals surface area contributed by atoms with Crippen molar-refractivity contribution in [2.45, 2.75) is 12.8 Å². The number of hydrogen-bond donors (Lipinski definition) is 1. The largest absolute Gasteiger partial charge is 0.419 e. The molecule has 1 N–H and O–H groups in total. The molecule has 24 heavy (non-hydrogen) atoms. The fraction of sp³-hybridized carbons (Fsp3) is 0.125. The molecule has 0 atom stereocenters. The minimum absolute atomic E-state index is 0.0512. The summed E-state index contributed by atoms with van der Waals surface area (Å²) in [6.07, 6.45) is 2.04. The van der Waals surface area contributed by atoms with Gasteiger partial charge in [0, 0.05) is 24.7 Å². The third-order valence-corrected chi connectivity index (χ3v) is 3.41. The van der Waals surface area contributed by atoms with E-state index in [1.165, 1.54) is 18.2 Å². The van der Waals surface area contributed by atoms with Gasteiger partial charge in [-0.2, -0.15) is 0 Å². The van der Waals surface area contributed by atoms with Gasteiger partial charge in [-0.05, 0) is 30.3 Å². The average molecular weight is 347 g/mol. The molecule has 0 saturated heterocycles. The number of halogens is 2. The maximum atomic E-state index is 13.1. The fourth-order valence-corrected chi connectivity index (χ4v) is 2.15. The van der Waals surface area contributed by atoms with Gasteiger partial charge in [0.2, 0.25) is 11.8 Å². The lowest BCUT2D eigenvalue weighted by Crippen LogP contribution is -2.12. The summed E-state index contributed by atoms with van der Waals surface area (Å²) in [5, 5.41) is 10.4. The highest BCUT2D eigenvalue weighted by atomic mass is 35.5. The summed E-state index contributed by atoms with van der Waals surface area (Å²) in [5.41, 5.74) is 0.993. The molecule has 2 heterocycles. The van der Waals surface area contributed by atoms with Gasteiger partial charge < -0.3 is 9.73 Å². The molecule has 0 bridgehead atoms. The standard InChI is InChI=1S/C16H12ClFN4O2/c17-11-9-10(4-5-12(11)18)20-14(23)6-7-15-21-22-16(24-15)13-3-1-2-8-19-13/h1-5,8-9H,6-7H2,(H,20,23). The molecule has 6 nitrogen and oxygen atoms in total. The second-order valence-corrected chi connectivity index (χ2v) is 5.30. The van der Waals surface area contributed by atoms with E-state index in [4.69, 9.17) is 16.0 Å². The fourth-order valence-electron chi connectivity index (χ4n) is 1.97. The Morgan fingerprint density at radius 3 is 2.88 bits per heavy atom. The van der Waals surface area contributed by atoms with E-state index in [9.17, 15) is 9.18 Å². The van der Waals surface area contributed by atoms with E-state index in [1.807, 2.05) is 6.07 Å². The van der Waals surface area contributed by atoms with Crippen molar-refractivity contribution in [2.24, 2.45) is 0 Å². The Kier molecular flexibility index (Phi) is 4.81. The average Bonchev–Trinajstić information content (AvgIpc) is 3.06. The van der Waals surface area contributed by atoms with Gasteiger partial charge in [0.1, 0.15) is 11.5 Å². The van der Waals surface area contributed by atoms with Crippen LogP contribution in [0.5, 0.6) is 0 Å². The lowest BCUT2D eigenvalue weighted by Gasteiger charge is -2.04. The Bertz CT molecular complexity index is 854. The van der Waals surface area contributed by atoms with Gasteiger partial charge >= 0.3 is 0 Å². The zero-order valence-electron chi connectivity index (χ0n) is 12.4. The van der Waals surface area contributed by atoms with Crippen molar-refractivity contribution in [1.82, 2.24) is 15.2 Å². The topological polar surface area (TPSA) is 80.9 Å². The molecule has 0 unspecified atom stereocenters. The predicted octanol–water partition coefficient (Wildman–Crippen LogP) is 3.50. The molecule has 8 heteroatoms. The molecule has 3 aromatic rings. The highest BCUT2D eigenvalue weighted by Gasteiger charge is 2.11. The molecule has 2 aromatic heterocycles. The van der Waals surface area contributed by atoms with Crippen LogP contribution in [0.4, 0.5) is 10.1 Å². The van der Waals surface area contributed by atoms with E-state index < -0.39 is 5.82 Å². The van der Waals surface area contributed by atoms with Gasteiger partial charge in [-0.3, -0.25) is 9.78 Å². The molecule has 0 aliphatic heterocycles. The molecular formula is C16H12ClFN4O2. The van der Waals surface area contributed by atoms with Crippen LogP contribution in [0.1, 0.15) is 12.3 Å². The quantitative estimate of drug-likeness (QED) is 0.764. The van der Waals surface area contributed by atoms with Crippen LogP contribution in [0.15, 0.2) is 47.0 Å². The van der Waals surface area contributed by atoms with Crippen molar-refractivity contribution in [3.05, 3.63) is 59.3 Å². The maximum absolute atomic E-state index is 13.1. The number of hydrogen-bond acceptors (Lipinski definition) is 5. The first-order chi connectivity index (χ1) is 11.6. The minimum Gasteiger partial charge on any atom is -0.419 e. The van der Waals surface area contributed by atoms with Crippen molar-refractivity contribution in [2.75, 3.05) is 5.32 Å². The number of nitrogens with one attached hydrogen (secondary N) is 1. The Labute approximate surface area is 141 Å². The van der Waals surface area contributed by atoms with Crippen LogP contribution in [0, 0.1) is 5.82 Å². The summed E-state index contributed by atoms with van der Waals surface area (Å²) in [5.74, 6) is -0.169. The molecule has 1 aromatic carbocycles. The number of benzene rings is 1. The number of amides is 1. The maximum Gasteiger partial charge on any atom is 0.266 e. The molecule has 0 saturated carbocycles. The first-order valence-corrected chi connectivity index (χ1v) is 7.48. The van der Waals surface area contributed by atoms with Gasteiger partial charge in [0.05, 0.1) is 5.02 Å². The first-order valence-electron chi connectivity index (χ1n) is 7.10. The van der Waals surface area contributed by atoms with E-state index in [0.29, 0.717) is 23.2 Å². The number of nitrogens with zero attached hydrogens (tertiary/aromatic N) is 3. The van der Waals surface area contributed by atoms with E-state index in [0.717, 1.165) is 0 Å². The smallest absolute Gasteiger partial charge is 0.266 e. The van der Waals surface area contributed by atoms with E-state index in [-0.39, 0.29) is 23.8 Å². The van der Waals surface area contributed by atoms with Gasteiger partial charge in [-0.15, -0.1) is 10.2 Å². The van der Waals surface area contributed by atoms with Gasteiger partial charge in [-0.25, -0.2) is 4.39 Å². The SMILES string of the molecule is O=C(CCc1nnc(-c2ccccn2)o1)Nc1ccc(F)c(Cl)c1. The van der Waals surface area contributed by atoms with Crippen molar-refractivity contribution in [1.29, 1.82) is 0 Å². The lowest BCUT2D eigenvalue weighted by atomic mass is 10.2. The number of carbonyl (C=O) groups is 1. The van der Waals surface area contributed by atoms with Crippen LogP contribution in [0.25, 0.3) is 11.6 Å². The van der Waals surface area contributed by atoms with Crippen LogP contribution >= 0.6 is 11.6 Å². The second-order valence-electron chi connectivity index (χ2n) is 4.89. The molecule has 0 fully saturated rings. The summed E-state index contributed by atoms with van der Waals surface area (Å²) in [6, 6.07) is 9.32. The van der Waals surface area contributed by atoms with E-state index in [1.54, 1.807) is 18.3 Å². The van der Waals surface area contributed by atoms with Crippen molar-refractivity contribution in [3.8, 4) is 11.6 Å². The van der Waals surface area contributed by atoms with E-state index >= 15 is 0 Å². The van der Waals surface area contributed by atoms with Crippen LogP contribution in [-0.4, -0.2) is 21.1 Å². The zero-order chi connectivity index (χ0) is 16.9. The summed E-state index contributed by atoms with van der Waals surface area (Å²) in [6.45, 7) is 0. The number of aryl methyl sites for hydroxylation is 1. The number of aromatic nitrogens is 3. The van der Waals surface area contributed by atoms with Crippen LogP contribution < -0.4 is 5.32 Å². The van der Waals surface area contributed by atoms with Crippen LogP contribution in [0.3, 0.4) is 0 Å². The van der Waals surface area contributed by atoms with Crippen LogP contribution in [-0.2, 0) is 11.2 Å². The summed E-state index contributed by atoms with van der Waals surface area (Å²) in [4.78, 5) is 16.0. The van der Waals surface area contributed by atoms with Crippen LogP contribution in [0.2, 0.25) is 5.02 Å². The predicted molar refractivity (Wildman–Crippen MR) is 85.9 cm³/mol. The monoisotopic (exact) mass is 346 g/mol. The van der Waals surface area contributed by atoms with E-state index in [2.05, 4.69) is 20.5 Å².